The molecule has 0 spiro atoms. The number of aliphatic imine (C=N–C) groups is 1. The summed E-state index contributed by atoms with van der Waals surface area (Å²) in [5, 5.41) is 0. The van der Waals surface area contributed by atoms with Crippen LogP contribution in [-0.2, 0) is 16.4 Å². The second-order valence-corrected chi connectivity index (χ2v) is 9.31. The second kappa shape index (κ2) is 8.31. The third kappa shape index (κ3) is 4.53. The van der Waals surface area contributed by atoms with Crippen LogP contribution in [-0.4, -0.2) is 20.3 Å². The maximum atomic E-state index is 12.7. The van der Waals surface area contributed by atoms with Gasteiger partial charge in [0.1, 0.15) is 10.7 Å². The molecular formula is C23H28N2O2S. The van der Waals surface area contributed by atoms with Gasteiger partial charge >= 0.3 is 0 Å². The van der Waals surface area contributed by atoms with Crippen molar-refractivity contribution in [1.29, 1.82) is 0 Å². The smallest absolute Gasteiger partial charge is 0.264 e. The van der Waals surface area contributed by atoms with Gasteiger partial charge in [0.25, 0.3) is 10.0 Å². The summed E-state index contributed by atoms with van der Waals surface area (Å²) in [4.78, 5) is 4.99. The molecule has 0 bridgehead atoms. The second-order valence-electron chi connectivity index (χ2n) is 7.69. The topological polar surface area (TPSA) is 58.5 Å². The summed E-state index contributed by atoms with van der Waals surface area (Å²) >= 11 is 0. The molecule has 1 heterocycles. The van der Waals surface area contributed by atoms with Gasteiger partial charge in [-0.25, -0.2) is 8.42 Å². The highest BCUT2D eigenvalue weighted by Crippen LogP contribution is 2.31. The Morgan fingerprint density at radius 1 is 0.964 bits per heavy atom. The molecule has 1 N–H and O–H groups in total. The van der Waals surface area contributed by atoms with Crippen LogP contribution in [0.25, 0.3) is 4.91 Å². The molecule has 28 heavy (non-hydrogen) atoms. The van der Waals surface area contributed by atoms with Crippen molar-refractivity contribution in [1.82, 2.24) is 4.72 Å². The van der Waals surface area contributed by atoms with E-state index in [1.54, 1.807) is 0 Å². The van der Waals surface area contributed by atoms with Crippen LogP contribution in [0.2, 0.25) is 0 Å². The fourth-order valence-corrected chi connectivity index (χ4v) is 4.89. The van der Waals surface area contributed by atoms with E-state index < -0.39 is 10.0 Å². The van der Waals surface area contributed by atoms with E-state index in [9.17, 15) is 8.42 Å². The molecule has 5 heteroatoms. The lowest BCUT2D eigenvalue weighted by molar-refractivity contribution is 0.603. The van der Waals surface area contributed by atoms with E-state index in [1.165, 1.54) is 11.1 Å². The average molecular weight is 397 g/mol. The Kier molecular flexibility index (Phi) is 6.04. The fraction of sp³-hybridized carbons (Fsp3) is 0.348. The number of sulfonamides is 1. The van der Waals surface area contributed by atoms with E-state index in [-0.39, 0.29) is 6.04 Å². The fourth-order valence-electron chi connectivity index (χ4n) is 3.38. The van der Waals surface area contributed by atoms with Crippen molar-refractivity contribution < 1.29 is 8.42 Å². The van der Waals surface area contributed by atoms with Gasteiger partial charge in [-0.05, 0) is 49.3 Å². The Bertz CT molecular complexity index is 989. The predicted octanol–water partition coefficient (Wildman–Crippen LogP) is 4.89. The van der Waals surface area contributed by atoms with Crippen molar-refractivity contribution in [3.8, 4) is 0 Å². The van der Waals surface area contributed by atoms with E-state index in [4.69, 9.17) is 0 Å². The first-order chi connectivity index (χ1) is 13.3. The van der Waals surface area contributed by atoms with Crippen molar-refractivity contribution in [2.75, 3.05) is 0 Å². The highest BCUT2D eigenvalue weighted by molar-refractivity contribution is 8.00. The van der Waals surface area contributed by atoms with Crippen molar-refractivity contribution in [2.24, 2.45) is 4.99 Å². The molecule has 0 saturated carbocycles. The van der Waals surface area contributed by atoms with E-state index in [0.717, 1.165) is 12.8 Å². The SMILES string of the molecule is CC1=C(c2ccc(C(C)C)cc2)S(=O)(=O)NC1=N[C@H](C)CCc1ccccc1. The molecular weight excluding hydrogens is 368 g/mol. The molecule has 0 radical (unpaired) electrons. The van der Waals surface area contributed by atoms with Gasteiger partial charge in [0.15, 0.2) is 0 Å². The summed E-state index contributed by atoms with van der Waals surface area (Å²) in [6, 6.07) is 18.0. The zero-order chi connectivity index (χ0) is 20.3. The molecule has 148 valence electrons. The first-order valence-corrected chi connectivity index (χ1v) is 11.2. The van der Waals surface area contributed by atoms with Crippen LogP contribution in [0.15, 0.2) is 65.2 Å². The Morgan fingerprint density at radius 2 is 1.61 bits per heavy atom. The van der Waals surface area contributed by atoms with Crippen LogP contribution >= 0.6 is 0 Å². The lowest BCUT2D eigenvalue weighted by atomic mass is 10.0. The van der Waals surface area contributed by atoms with Crippen LogP contribution in [0.5, 0.6) is 0 Å². The van der Waals surface area contributed by atoms with E-state index >= 15 is 0 Å². The number of hydrogen-bond donors (Lipinski definition) is 1. The Hall–Kier alpha value is -2.40. The van der Waals surface area contributed by atoms with Crippen molar-refractivity contribution in [3.63, 3.8) is 0 Å². The Balaban J connectivity index is 1.82. The highest BCUT2D eigenvalue weighted by Gasteiger charge is 2.32. The molecule has 3 rings (SSSR count). The average Bonchev–Trinajstić information content (AvgIpc) is 2.89. The van der Waals surface area contributed by atoms with Gasteiger partial charge in [-0.1, -0.05) is 68.4 Å². The zero-order valence-corrected chi connectivity index (χ0v) is 17.8. The van der Waals surface area contributed by atoms with E-state index in [0.29, 0.717) is 27.8 Å². The Morgan fingerprint density at radius 3 is 2.21 bits per heavy atom. The maximum absolute atomic E-state index is 12.7. The van der Waals surface area contributed by atoms with Crippen LogP contribution in [0.1, 0.15) is 56.7 Å². The van der Waals surface area contributed by atoms with Crippen molar-refractivity contribution >= 4 is 20.8 Å². The number of nitrogens with one attached hydrogen (secondary N) is 1. The number of rotatable bonds is 6. The van der Waals surface area contributed by atoms with Crippen LogP contribution in [0.3, 0.4) is 0 Å². The van der Waals surface area contributed by atoms with Crippen molar-refractivity contribution in [3.05, 3.63) is 76.9 Å². The quantitative estimate of drug-likeness (QED) is 0.755. The van der Waals surface area contributed by atoms with Crippen LogP contribution < -0.4 is 4.72 Å². The van der Waals surface area contributed by atoms with Gasteiger partial charge in [0, 0.05) is 11.6 Å². The van der Waals surface area contributed by atoms with Crippen LogP contribution in [0, 0.1) is 0 Å². The van der Waals surface area contributed by atoms with E-state index in [1.807, 2.05) is 56.3 Å². The zero-order valence-electron chi connectivity index (χ0n) is 16.9. The van der Waals surface area contributed by atoms with Crippen LogP contribution in [0.4, 0.5) is 0 Å². The molecule has 0 amide bonds. The van der Waals surface area contributed by atoms with Gasteiger partial charge in [-0.3, -0.25) is 9.71 Å². The normalized spacial score (nSPS) is 18.5. The molecule has 0 fully saturated rings. The highest BCUT2D eigenvalue weighted by atomic mass is 32.2. The number of hydrogen-bond acceptors (Lipinski definition) is 3. The molecule has 1 aliphatic rings. The molecule has 0 aromatic heterocycles. The van der Waals surface area contributed by atoms with Crippen molar-refractivity contribution in [2.45, 2.75) is 52.5 Å². The number of amidine groups is 1. The standard InChI is InChI=1S/C23H28N2O2S/c1-16(2)20-12-14-21(15-13-20)22-18(4)23(25-28(22,26)27)24-17(3)10-11-19-8-6-5-7-9-19/h5-9,12-17H,10-11H2,1-4H3,(H,24,25)/t17-/m1/s1. The number of benzene rings is 2. The Labute approximate surface area is 168 Å². The predicted molar refractivity (Wildman–Crippen MR) is 117 cm³/mol. The molecule has 0 saturated heterocycles. The molecule has 0 aliphatic carbocycles. The van der Waals surface area contributed by atoms with Gasteiger partial charge in [0.05, 0.1) is 0 Å². The summed E-state index contributed by atoms with van der Waals surface area (Å²) in [6.45, 7) is 8.09. The summed E-state index contributed by atoms with van der Waals surface area (Å²) in [5.41, 5.74) is 3.84. The summed E-state index contributed by atoms with van der Waals surface area (Å²) in [7, 11) is -3.59. The number of nitrogens with zero attached hydrogens (tertiary/aromatic N) is 1. The minimum atomic E-state index is -3.59. The van der Waals surface area contributed by atoms with E-state index in [2.05, 4.69) is 35.7 Å². The molecule has 0 unspecified atom stereocenters. The summed E-state index contributed by atoms with van der Waals surface area (Å²) in [6.07, 6.45) is 1.78. The maximum Gasteiger partial charge on any atom is 0.264 e. The molecule has 1 aliphatic heterocycles. The molecule has 1 atom stereocenters. The molecule has 4 nitrogen and oxygen atoms in total. The molecule has 2 aromatic carbocycles. The third-order valence-corrected chi connectivity index (χ3v) is 6.62. The number of aryl methyl sites for hydroxylation is 1. The van der Waals surface area contributed by atoms with Gasteiger partial charge in [-0.15, -0.1) is 0 Å². The van der Waals surface area contributed by atoms with Gasteiger partial charge < -0.3 is 0 Å². The first kappa shape index (κ1) is 20.3. The first-order valence-electron chi connectivity index (χ1n) is 9.74. The minimum Gasteiger partial charge on any atom is -0.264 e. The van der Waals surface area contributed by atoms with Gasteiger partial charge in [0.2, 0.25) is 0 Å². The summed E-state index contributed by atoms with van der Waals surface area (Å²) < 4.78 is 28.1. The summed E-state index contributed by atoms with van der Waals surface area (Å²) in [5.74, 6) is 0.869. The van der Waals surface area contributed by atoms with Gasteiger partial charge in [-0.2, -0.15) is 0 Å². The largest absolute Gasteiger partial charge is 0.264 e. The lowest BCUT2D eigenvalue weighted by Gasteiger charge is -2.08. The lowest BCUT2D eigenvalue weighted by Crippen LogP contribution is -2.25. The third-order valence-electron chi connectivity index (χ3n) is 5.08. The molecule has 2 aromatic rings. The minimum absolute atomic E-state index is 0.0236. The monoisotopic (exact) mass is 396 g/mol.